The van der Waals surface area contributed by atoms with Crippen LogP contribution in [0.2, 0.25) is 0 Å². The molecule has 4 atom stereocenters. The van der Waals surface area contributed by atoms with Crippen molar-refractivity contribution >= 4 is 27.2 Å². The quantitative estimate of drug-likeness (QED) is 0.0154. The summed E-state index contributed by atoms with van der Waals surface area (Å²) in [7, 11) is 6.66. The summed E-state index contributed by atoms with van der Waals surface area (Å²) in [6.07, 6.45) is 0. The third kappa shape index (κ3) is 107. The Morgan fingerprint density at radius 2 is 0.443 bits per heavy atom. The lowest BCUT2D eigenvalue weighted by molar-refractivity contribution is -0.318. The molecule has 4 unspecified atom stereocenters. The zero-order chi connectivity index (χ0) is 51.5. The summed E-state index contributed by atoms with van der Waals surface area (Å²) in [6, 6.07) is -0.135. The number of hydrogen-bond acceptors (Lipinski definition) is 23. The van der Waals surface area contributed by atoms with Crippen LogP contribution >= 0.6 is 0 Å². The lowest BCUT2D eigenvalue weighted by atomic mass is 10.2. The van der Waals surface area contributed by atoms with Gasteiger partial charge in [0.05, 0.1) is 13.2 Å². The predicted octanol–water partition coefficient (Wildman–Crippen LogP) is 13.2. The Hall–Kier alpha value is -3.12. The summed E-state index contributed by atoms with van der Waals surface area (Å²) >= 11 is 0. The largest absolute Gasteiger partial charge is 0.379 e. The Bertz CT molecular complexity index is 691. The summed E-state index contributed by atoms with van der Waals surface area (Å²) < 4.78 is 27.7. The fourth-order valence-electron chi connectivity index (χ4n) is 5.09. The zero-order valence-electron chi connectivity index (χ0n) is 39.9. The van der Waals surface area contributed by atoms with Crippen molar-refractivity contribution in [2.75, 3.05) is 135 Å². The van der Waals surface area contributed by atoms with Gasteiger partial charge in [0, 0.05) is 91.9 Å². The van der Waals surface area contributed by atoms with E-state index in [1.165, 1.54) is 0 Å². The SMILES string of the molecule is C.C.C.C.C.C.C.C.C.C.C.C.C.C.C.C.C=C.C=C.C=C.C=C.C=O.C=O.C=O.C=O.COCN(COC)C(C)CN(CCOCCN(CC(C)N(COO)COO)CC(C)N(COO)COO)CC(C)N(COC)COC. The van der Waals surface area contributed by atoms with E-state index in [0.29, 0.717) is 66.3 Å². The first-order chi connectivity index (χ1) is 30.6. The third-order valence-corrected chi connectivity index (χ3v) is 7.76. The summed E-state index contributed by atoms with van der Waals surface area (Å²) in [4.78, 5) is 61.0. The number of hydrogen-bond donors (Lipinski definition) is 4. The van der Waals surface area contributed by atoms with Crippen molar-refractivity contribution in [3.63, 3.8) is 0 Å². The van der Waals surface area contributed by atoms with E-state index in [4.69, 9.17) is 63.9 Å². The first kappa shape index (κ1) is 164. The number of carbonyl (C=O) groups excluding carboxylic acids is 4. The third-order valence-electron chi connectivity index (χ3n) is 7.76. The molecule has 0 aliphatic rings. The van der Waals surface area contributed by atoms with Gasteiger partial charge in [-0.05, 0) is 27.7 Å². The molecule has 0 amide bonds. The highest BCUT2D eigenvalue weighted by atomic mass is 17.1. The molecule has 0 aromatic carbocycles. The maximum atomic E-state index is 8.98. The molecule has 0 spiro atoms. The van der Waals surface area contributed by atoms with Gasteiger partial charge in [0.15, 0.2) is 0 Å². The number of ether oxygens (including phenoxy) is 5. The molecule has 0 aromatic heterocycles. The summed E-state index contributed by atoms with van der Waals surface area (Å²) in [5.41, 5.74) is 0. The minimum atomic E-state index is -0.208. The van der Waals surface area contributed by atoms with Crippen molar-refractivity contribution in [2.45, 2.75) is 171 Å². The molecule has 0 fully saturated rings. The highest BCUT2D eigenvalue weighted by Crippen LogP contribution is 2.10. The molecule has 508 valence electrons. The van der Waals surface area contributed by atoms with Crippen LogP contribution in [-0.2, 0) is 62.4 Å². The average molecular weight is 1180 g/mol. The molecule has 0 bridgehead atoms. The Morgan fingerprint density at radius 1 is 0.304 bits per heavy atom. The summed E-state index contributed by atoms with van der Waals surface area (Å²) in [6.45, 7) is 45.7. The predicted molar refractivity (Wildman–Crippen MR) is 352 cm³/mol. The fourth-order valence-corrected chi connectivity index (χ4v) is 5.09. The maximum absolute atomic E-state index is 8.98. The number of rotatable bonds is 34. The van der Waals surface area contributed by atoms with E-state index in [-0.39, 0.29) is 170 Å². The molecule has 0 radical (unpaired) electrons. The molecule has 23 nitrogen and oxygen atoms in total. The molecule has 4 N–H and O–H groups in total. The minimum Gasteiger partial charge on any atom is -0.379 e. The standard InChI is InChI=1S/C28H64N6O13.4C2H4.4CH2O.16CH4/c1-25(31(17-39-5)18-40-6)13-29(14-26(2)32(19-41-7)20-42-8)9-11-43-12-10-30(15-27(3)33(21-44-35)22-45-36)16-28(4)34(23-46-37)24-47-38;8*1-2;;;;;;;;;;;;;;;;/h25-28,35-38H,9-24H2,1-8H3;4*1-2H2;4*1H2;16*1H4. The smallest absolute Gasteiger partial charge is 0.137 e. The van der Waals surface area contributed by atoms with Crippen molar-refractivity contribution in [1.82, 2.24) is 29.4 Å². The molecule has 0 aromatic rings. The van der Waals surface area contributed by atoms with Gasteiger partial charge < -0.3 is 42.9 Å². The molecular formula is C56H152N6O17. The molecule has 23 heteroatoms. The van der Waals surface area contributed by atoms with Crippen LogP contribution in [-0.4, -0.2) is 237 Å². The Balaban J connectivity index is -0.0000000362. The van der Waals surface area contributed by atoms with Crippen LogP contribution in [0, 0.1) is 0 Å². The Labute approximate surface area is 496 Å². The van der Waals surface area contributed by atoms with Crippen molar-refractivity contribution in [2.24, 2.45) is 0 Å². The van der Waals surface area contributed by atoms with E-state index in [1.807, 2.05) is 41.0 Å². The van der Waals surface area contributed by atoms with Gasteiger partial charge in [-0.15, -0.1) is 52.6 Å². The van der Waals surface area contributed by atoms with Crippen molar-refractivity contribution < 1.29 is 83.4 Å². The first-order valence-electron chi connectivity index (χ1n) is 18.8. The molecule has 0 saturated heterocycles. The van der Waals surface area contributed by atoms with Crippen LogP contribution < -0.4 is 0 Å². The van der Waals surface area contributed by atoms with Crippen LogP contribution in [0.4, 0.5) is 0 Å². The van der Waals surface area contributed by atoms with Gasteiger partial charge in [-0.25, -0.2) is 29.4 Å². The first-order valence-corrected chi connectivity index (χ1v) is 18.8. The van der Waals surface area contributed by atoms with E-state index in [2.05, 4.69) is 106 Å². The van der Waals surface area contributed by atoms with E-state index < -0.39 is 0 Å². The second kappa shape index (κ2) is 152. The van der Waals surface area contributed by atoms with Gasteiger partial charge in [-0.1, -0.05) is 119 Å². The van der Waals surface area contributed by atoms with Gasteiger partial charge in [0.2, 0.25) is 0 Å². The number of methoxy groups -OCH3 is 4. The topological polar surface area (TPSA) is 252 Å². The second-order valence-electron chi connectivity index (χ2n) is 11.6. The average Bonchev–Trinajstić information content (AvgIpc) is 3.33. The zero-order valence-corrected chi connectivity index (χ0v) is 39.9. The highest BCUT2D eigenvalue weighted by Gasteiger charge is 2.24. The summed E-state index contributed by atoms with van der Waals surface area (Å²) in [5.74, 6) is 0. The lowest BCUT2D eigenvalue weighted by Crippen LogP contribution is -2.50. The Morgan fingerprint density at radius 3 is 0.570 bits per heavy atom. The van der Waals surface area contributed by atoms with Crippen LogP contribution in [0.25, 0.3) is 0 Å². The molecular weight excluding hydrogens is 1030 g/mol. The number of carbonyl (C=O) groups is 4. The molecule has 0 aliphatic heterocycles. The normalized spacial score (nSPS) is 9.44. The van der Waals surface area contributed by atoms with Gasteiger partial charge in [0.25, 0.3) is 0 Å². The molecule has 0 heterocycles. The minimum absolute atomic E-state index is 0. The fraction of sp³-hybridized carbons (Fsp3) is 0.786. The van der Waals surface area contributed by atoms with Crippen molar-refractivity contribution in [3.05, 3.63) is 52.6 Å². The lowest BCUT2D eigenvalue weighted by Gasteiger charge is -2.36. The molecule has 0 rings (SSSR count). The molecule has 0 aliphatic carbocycles. The van der Waals surface area contributed by atoms with Crippen LogP contribution in [0.5, 0.6) is 0 Å². The highest BCUT2D eigenvalue weighted by molar-refractivity contribution is 5.11. The Kier molecular flexibility index (Phi) is 316. The van der Waals surface area contributed by atoms with E-state index in [9.17, 15) is 0 Å². The van der Waals surface area contributed by atoms with Gasteiger partial charge in [-0.3, -0.25) is 40.6 Å². The van der Waals surface area contributed by atoms with E-state index in [1.54, 1.807) is 38.2 Å². The monoisotopic (exact) mass is 1180 g/mol. The maximum Gasteiger partial charge on any atom is 0.137 e. The van der Waals surface area contributed by atoms with Crippen LogP contribution in [0.15, 0.2) is 52.6 Å². The van der Waals surface area contributed by atoms with Gasteiger partial charge in [0.1, 0.15) is 81.0 Å². The van der Waals surface area contributed by atoms with Crippen molar-refractivity contribution in [3.8, 4) is 0 Å². The van der Waals surface area contributed by atoms with Crippen LogP contribution in [0.3, 0.4) is 0 Å². The second-order valence-corrected chi connectivity index (χ2v) is 11.6. The van der Waals surface area contributed by atoms with E-state index >= 15 is 0 Å². The molecule has 79 heavy (non-hydrogen) atoms. The van der Waals surface area contributed by atoms with Gasteiger partial charge in [-0.2, -0.15) is 0 Å². The number of nitrogens with zero attached hydrogens (tertiary/aromatic N) is 6. The van der Waals surface area contributed by atoms with Crippen molar-refractivity contribution in [1.29, 1.82) is 0 Å². The van der Waals surface area contributed by atoms with Crippen LogP contribution in [0.1, 0.15) is 147 Å². The van der Waals surface area contributed by atoms with E-state index in [0.717, 1.165) is 13.1 Å². The van der Waals surface area contributed by atoms with Gasteiger partial charge >= 0.3 is 0 Å². The summed E-state index contributed by atoms with van der Waals surface area (Å²) in [5, 5.41) is 35.9. The molecule has 0 saturated carbocycles.